The molecule has 0 aromatic heterocycles. The van der Waals surface area contributed by atoms with Crippen LogP contribution in [0.5, 0.6) is 0 Å². The summed E-state index contributed by atoms with van der Waals surface area (Å²) in [6.45, 7) is 7.31. The highest BCUT2D eigenvalue weighted by Crippen LogP contribution is 2.15. The first kappa shape index (κ1) is 24.2. The Balaban J connectivity index is 1.48. The van der Waals surface area contributed by atoms with Crippen LogP contribution in [-0.2, 0) is 22.6 Å². The molecule has 0 spiro atoms. The lowest BCUT2D eigenvalue weighted by Gasteiger charge is -2.37. The Labute approximate surface area is 192 Å². The summed E-state index contributed by atoms with van der Waals surface area (Å²) < 4.78 is 10.8. The number of piperidine rings is 1. The fourth-order valence-corrected chi connectivity index (χ4v) is 4.26. The molecule has 1 fully saturated rings. The number of likely N-dealkylation sites (tertiary alicyclic amines) is 1. The van der Waals surface area contributed by atoms with Crippen molar-refractivity contribution in [3.05, 3.63) is 71.8 Å². The molecule has 2 atom stereocenters. The Kier molecular flexibility index (Phi) is 10.0. The number of carbonyl (C=O) groups is 1. The maximum Gasteiger partial charge on any atom is 0.409 e. The minimum Gasteiger partial charge on any atom is -0.450 e. The average molecular weight is 440 g/mol. The van der Waals surface area contributed by atoms with Gasteiger partial charge in [-0.15, -0.1) is 0 Å². The molecule has 0 saturated carbocycles. The van der Waals surface area contributed by atoms with Gasteiger partial charge in [-0.1, -0.05) is 60.7 Å². The van der Waals surface area contributed by atoms with Crippen LogP contribution in [0.4, 0.5) is 4.79 Å². The summed E-state index contributed by atoms with van der Waals surface area (Å²) in [4.78, 5) is 16.3. The SMILES string of the molecule is CCOC(=O)N1CCC(NCCCN(Cc2ccccc2)Cc2ccccc2)C(OC)C1. The van der Waals surface area contributed by atoms with Crippen molar-refractivity contribution in [3.8, 4) is 0 Å². The number of hydrogen-bond acceptors (Lipinski definition) is 5. The van der Waals surface area contributed by atoms with Gasteiger partial charge in [-0.2, -0.15) is 0 Å². The van der Waals surface area contributed by atoms with Crippen molar-refractivity contribution in [1.82, 2.24) is 15.1 Å². The summed E-state index contributed by atoms with van der Waals surface area (Å²) in [5.41, 5.74) is 2.67. The predicted molar refractivity (Wildman–Crippen MR) is 127 cm³/mol. The van der Waals surface area contributed by atoms with Gasteiger partial charge < -0.3 is 19.7 Å². The molecule has 2 aromatic rings. The van der Waals surface area contributed by atoms with E-state index in [1.54, 1.807) is 12.0 Å². The molecule has 32 heavy (non-hydrogen) atoms. The Hall–Kier alpha value is -2.41. The van der Waals surface area contributed by atoms with Gasteiger partial charge in [0.25, 0.3) is 0 Å². The zero-order chi connectivity index (χ0) is 22.6. The minimum atomic E-state index is -0.245. The van der Waals surface area contributed by atoms with Crippen LogP contribution >= 0.6 is 0 Å². The van der Waals surface area contributed by atoms with Gasteiger partial charge in [0.15, 0.2) is 0 Å². The van der Waals surface area contributed by atoms with Gasteiger partial charge in [-0.05, 0) is 37.4 Å². The molecular weight excluding hydrogens is 402 g/mol. The summed E-state index contributed by atoms with van der Waals surface area (Å²) in [6.07, 6.45) is 1.66. The van der Waals surface area contributed by atoms with Crippen molar-refractivity contribution in [2.75, 3.05) is 39.9 Å². The summed E-state index contributed by atoms with van der Waals surface area (Å²) in [7, 11) is 1.72. The summed E-state index contributed by atoms with van der Waals surface area (Å²) in [5, 5.41) is 3.67. The van der Waals surface area contributed by atoms with Crippen LogP contribution in [0.15, 0.2) is 60.7 Å². The minimum absolute atomic E-state index is 0.0158. The van der Waals surface area contributed by atoms with Gasteiger partial charge in [0.1, 0.15) is 0 Å². The summed E-state index contributed by atoms with van der Waals surface area (Å²) in [6, 6.07) is 21.6. The predicted octanol–water partition coefficient (Wildman–Crippen LogP) is 3.91. The third kappa shape index (κ3) is 7.62. The molecule has 1 amide bonds. The first-order valence-electron chi connectivity index (χ1n) is 11.7. The zero-order valence-corrected chi connectivity index (χ0v) is 19.4. The number of benzene rings is 2. The van der Waals surface area contributed by atoms with Crippen molar-refractivity contribution in [2.45, 2.75) is 45.0 Å². The van der Waals surface area contributed by atoms with Crippen LogP contribution in [0.1, 0.15) is 30.9 Å². The highest BCUT2D eigenvalue weighted by atomic mass is 16.6. The van der Waals surface area contributed by atoms with Gasteiger partial charge in [0.2, 0.25) is 0 Å². The molecule has 0 bridgehead atoms. The van der Waals surface area contributed by atoms with E-state index in [9.17, 15) is 4.79 Å². The van der Waals surface area contributed by atoms with Crippen LogP contribution in [0.25, 0.3) is 0 Å². The Morgan fingerprint density at radius 1 is 1.06 bits per heavy atom. The molecule has 3 rings (SSSR count). The van der Waals surface area contributed by atoms with E-state index in [2.05, 4.69) is 70.9 Å². The highest BCUT2D eigenvalue weighted by molar-refractivity contribution is 5.67. The number of carbonyl (C=O) groups excluding carboxylic acids is 1. The number of rotatable bonds is 11. The lowest BCUT2D eigenvalue weighted by molar-refractivity contribution is 0.00374. The second kappa shape index (κ2) is 13.2. The van der Waals surface area contributed by atoms with Crippen LogP contribution in [0, 0.1) is 0 Å². The second-order valence-corrected chi connectivity index (χ2v) is 8.30. The van der Waals surface area contributed by atoms with E-state index >= 15 is 0 Å². The normalized spacial score (nSPS) is 18.7. The molecule has 1 aliphatic heterocycles. The van der Waals surface area contributed by atoms with E-state index in [0.29, 0.717) is 19.7 Å². The van der Waals surface area contributed by atoms with Crippen molar-refractivity contribution in [2.24, 2.45) is 0 Å². The van der Waals surface area contributed by atoms with E-state index < -0.39 is 0 Å². The molecular formula is C26H37N3O3. The quantitative estimate of drug-likeness (QED) is 0.538. The Bertz CT molecular complexity index is 746. The van der Waals surface area contributed by atoms with E-state index in [1.165, 1.54) is 11.1 Å². The van der Waals surface area contributed by atoms with Gasteiger partial charge >= 0.3 is 6.09 Å². The molecule has 1 aliphatic rings. The Morgan fingerprint density at radius 3 is 2.25 bits per heavy atom. The first-order chi connectivity index (χ1) is 15.7. The summed E-state index contributed by atoms with van der Waals surface area (Å²) in [5.74, 6) is 0. The molecule has 1 N–H and O–H groups in total. The third-order valence-corrected chi connectivity index (χ3v) is 5.94. The number of methoxy groups -OCH3 is 1. The molecule has 0 radical (unpaired) electrons. The zero-order valence-electron chi connectivity index (χ0n) is 19.4. The van der Waals surface area contributed by atoms with Crippen LogP contribution in [0.2, 0.25) is 0 Å². The largest absolute Gasteiger partial charge is 0.450 e. The molecule has 1 heterocycles. The van der Waals surface area contributed by atoms with E-state index in [-0.39, 0.29) is 18.2 Å². The number of ether oxygens (including phenoxy) is 2. The highest BCUT2D eigenvalue weighted by Gasteiger charge is 2.31. The summed E-state index contributed by atoms with van der Waals surface area (Å²) >= 11 is 0. The maximum atomic E-state index is 12.0. The van der Waals surface area contributed by atoms with Crippen LogP contribution in [-0.4, -0.2) is 67.9 Å². The molecule has 6 nitrogen and oxygen atoms in total. The lowest BCUT2D eigenvalue weighted by Crippen LogP contribution is -2.55. The molecule has 1 saturated heterocycles. The molecule has 174 valence electrons. The molecule has 0 aliphatic carbocycles. The third-order valence-electron chi connectivity index (χ3n) is 5.94. The van der Waals surface area contributed by atoms with Gasteiger partial charge in [-0.25, -0.2) is 4.79 Å². The van der Waals surface area contributed by atoms with Gasteiger partial charge in [0, 0.05) is 39.3 Å². The first-order valence-corrected chi connectivity index (χ1v) is 11.7. The number of hydrogen-bond donors (Lipinski definition) is 1. The monoisotopic (exact) mass is 439 g/mol. The Morgan fingerprint density at radius 2 is 1.69 bits per heavy atom. The number of amides is 1. The second-order valence-electron chi connectivity index (χ2n) is 8.30. The van der Waals surface area contributed by atoms with Gasteiger partial charge in [-0.3, -0.25) is 4.90 Å². The lowest BCUT2D eigenvalue weighted by atomic mass is 10.0. The topological polar surface area (TPSA) is 54.0 Å². The van der Waals surface area contributed by atoms with E-state index in [0.717, 1.165) is 39.0 Å². The van der Waals surface area contributed by atoms with E-state index in [4.69, 9.17) is 9.47 Å². The number of nitrogens with zero attached hydrogens (tertiary/aromatic N) is 2. The van der Waals surface area contributed by atoms with Crippen molar-refractivity contribution in [1.29, 1.82) is 0 Å². The van der Waals surface area contributed by atoms with Crippen molar-refractivity contribution >= 4 is 6.09 Å². The fourth-order valence-electron chi connectivity index (χ4n) is 4.26. The van der Waals surface area contributed by atoms with E-state index in [1.807, 2.05) is 6.92 Å². The molecule has 6 heteroatoms. The average Bonchev–Trinajstić information content (AvgIpc) is 2.83. The smallest absolute Gasteiger partial charge is 0.409 e. The maximum absolute atomic E-state index is 12.0. The van der Waals surface area contributed by atoms with Crippen molar-refractivity contribution in [3.63, 3.8) is 0 Å². The van der Waals surface area contributed by atoms with Crippen LogP contribution in [0.3, 0.4) is 0 Å². The standard InChI is InChI=1S/C26H37N3O3/c1-3-32-26(30)29-18-15-24(25(21-29)31-2)27-16-10-17-28(19-22-11-6-4-7-12-22)20-23-13-8-5-9-14-23/h4-9,11-14,24-25,27H,3,10,15-21H2,1-2H3. The van der Waals surface area contributed by atoms with Gasteiger partial charge in [0.05, 0.1) is 19.3 Å². The fraction of sp³-hybridized carbons (Fsp3) is 0.500. The van der Waals surface area contributed by atoms with Crippen molar-refractivity contribution < 1.29 is 14.3 Å². The molecule has 2 aromatic carbocycles. The number of nitrogens with one attached hydrogen (secondary N) is 1. The molecule has 2 unspecified atom stereocenters. The van der Waals surface area contributed by atoms with Crippen LogP contribution < -0.4 is 5.32 Å².